The number of amides is 1. The molecule has 1 aromatic rings. The molecule has 4 nitrogen and oxygen atoms in total. The van der Waals surface area contributed by atoms with Crippen molar-refractivity contribution in [3.8, 4) is 0 Å². The topological polar surface area (TPSA) is 55.6 Å². The van der Waals surface area contributed by atoms with Crippen molar-refractivity contribution in [3.63, 3.8) is 0 Å². The lowest BCUT2D eigenvalue weighted by Crippen LogP contribution is -2.31. The molecule has 1 amide bonds. The first-order valence-corrected chi connectivity index (χ1v) is 4.79. The molecule has 0 aliphatic rings. The van der Waals surface area contributed by atoms with E-state index in [1.165, 1.54) is 0 Å². The van der Waals surface area contributed by atoms with Crippen LogP contribution in [0.5, 0.6) is 0 Å². The highest BCUT2D eigenvalue weighted by molar-refractivity contribution is 5.95. The van der Waals surface area contributed by atoms with Gasteiger partial charge in [0.25, 0.3) is 5.91 Å². The molecule has 0 aliphatic carbocycles. The lowest BCUT2D eigenvalue weighted by atomic mass is 10.1. The Kier molecular flexibility index (Phi) is 4.27. The minimum Gasteiger partial charge on any atom is -0.339 e. The molecule has 82 valence electrons. The minimum atomic E-state index is -0.00912. The molecule has 0 unspecified atom stereocenters. The second-order valence-electron chi connectivity index (χ2n) is 3.41. The van der Waals surface area contributed by atoms with Crippen LogP contribution in [-0.4, -0.2) is 31.0 Å². The Balaban J connectivity index is 2.72. The molecule has 2 N–H and O–H groups in total. The van der Waals surface area contributed by atoms with Crippen LogP contribution in [0.3, 0.4) is 0 Å². The van der Waals surface area contributed by atoms with E-state index in [2.05, 4.69) is 4.84 Å². The Bertz CT molecular complexity index is 339. The van der Waals surface area contributed by atoms with Crippen LogP contribution in [0.25, 0.3) is 0 Å². The first kappa shape index (κ1) is 11.7. The predicted molar refractivity (Wildman–Crippen MR) is 58.3 cm³/mol. The van der Waals surface area contributed by atoms with Gasteiger partial charge >= 0.3 is 0 Å². The van der Waals surface area contributed by atoms with Gasteiger partial charge in [-0.25, -0.2) is 5.90 Å². The highest BCUT2D eigenvalue weighted by Crippen LogP contribution is 2.09. The fourth-order valence-electron chi connectivity index (χ4n) is 1.31. The molecule has 0 fully saturated rings. The van der Waals surface area contributed by atoms with Gasteiger partial charge in [0.2, 0.25) is 0 Å². The SMILES string of the molecule is Cc1ccccc1C(=O)N(C)CCON. The molecule has 0 saturated carbocycles. The second-order valence-corrected chi connectivity index (χ2v) is 3.41. The van der Waals surface area contributed by atoms with Gasteiger partial charge in [-0.1, -0.05) is 18.2 Å². The van der Waals surface area contributed by atoms with Crippen molar-refractivity contribution in [1.82, 2.24) is 4.90 Å². The summed E-state index contributed by atoms with van der Waals surface area (Å²) in [5.74, 6) is 4.90. The summed E-state index contributed by atoms with van der Waals surface area (Å²) in [5, 5.41) is 0. The van der Waals surface area contributed by atoms with E-state index in [9.17, 15) is 4.79 Å². The molecule has 0 radical (unpaired) electrons. The van der Waals surface area contributed by atoms with Crippen LogP contribution >= 0.6 is 0 Å². The molecule has 0 spiro atoms. The maximum Gasteiger partial charge on any atom is 0.253 e. The van der Waals surface area contributed by atoms with Crippen LogP contribution in [0.15, 0.2) is 24.3 Å². The van der Waals surface area contributed by atoms with Gasteiger partial charge < -0.3 is 9.74 Å². The van der Waals surface area contributed by atoms with Crippen LogP contribution in [0.1, 0.15) is 15.9 Å². The largest absolute Gasteiger partial charge is 0.339 e. The highest BCUT2D eigenvalue weighted by Gasteiger charge is 2.12. The fourth-order valence-corrected chi connectivity index (χ4v) is 1.31. The molecule has 4 heteroatoms. The number of hydrogen-bond acceptors (Lipinski definition) is 3. The average molecular weight is 208 g/mol. The minimum absolute atomic E-state index is 0.00912. The van der Waals surface area contributed by atoms with E-state index in [0.717, 1.165) is 11.1 Å². The summed E-state index contributed by atoms with van der Waals surface area (Å²) in [4.78, 5) is 17.9. The maximum atomic E-state index is 11.9. The zero-order valence-corrected chi connectivity index (χ0v) is 9.06. The Hall–Kier alpha value is -1.39. The normalized spacial score (nSPS) is 10.1. The van der Waals surface area contributed by atoms with Crippen molar-refractivity contribution >= 4 is 5.91 Å². The predicted octanol–water partition coefficient (Wildman–Crippen LogP) is 0.957. The van der Waals surface area contributed by atoms with Gasteiger partial charge in [0.05, 0.1) is 6.61 Å². The number of hydrogen-bond donors (Lipinski definition) is 1. The Morgan fingerprint density at radius 3 is 2.73 bits per heavy atom. The summed E-state index contributed by atoms with van der Waals surface area (Å²) in [6, 6.07) is 7.50. The first-order valence-electron chi connectivity index (χ1n) is 4.79. The highest BCUT2D eigenvalue weighted by atomic mass is 16.6. The molecular formula is C11H16N2O2. The monoisotopic (exact) mass is 208 g/mol. The number of nitrogens with zero attached hydrogens (tertiary/aromatic N) is 1. The summed E-state index contributed by atoms with van der Waals surface area (Å²) in [5.41, 5.74) is 1.69. The van der Waals surface area contributed by atoms with Gasteiger partial charge in [0, 0.05) is 19.2 Å². The van der Waals surface area contributed by atoms with Crippen molar-refractivity contribution in [2.75, 3.05) is 20.2 Å². The van der Waals surface area contributed by atoms with E-state index in [1.54, 1.807) is 11.9 Å². The van der Waals surface area contributed by atoms with E-state index in [1.807, 2.05) is 31.2 Å². The molecule has 0 saturated heterocycles. The zero-order valence-electron chi connectivity index (χ0n) is 9.06. The first-order chi connectivity index (χ1) is 7.16. The number of likely N-dealkylation sites (N-methyl/N-ethyl adjacent to an activating group) is 1. The van der Waals surface area contributed by atoms with E-state index < -0.39 is 0 Å². The molecule has 0 bridgehead atoms. The van der Waals surface area contributed by atoms with Crippen LogP contribution in [0.4, 0.5) is 0 Å². The lowest BCUT2D eigenvalue weighted by Gasteiger charge is -2.17. The van der Waals surface area contributed by atoms with Gasteiger partial charge in [-0.05, 0) is 18.6 Å². The number of aryl methyl sites for hydroxylation is 1. The van der Waals surface area contributed by atoms with E-state index in [0.29, 0.717) is 13.2 Å². The molecule has 1 aromatic carbocycles. The number of rotatable bonds is 4. The number of nitrogens with two attached hydrogens (primary N) is 1. The summed E-state index contributed by atoms with van der Waals surface area (Å²) in [6.07, 6.45) is 0. The Labute approximate surface area is 89.6 Å². The summed E-state index contributed by atoms with van der Waals surface area (Å²) < 4.78 is 0. The molecule has 0 aromatic heterocycles. The number of benzene rings is 1. The second kappa shape index (κ2) is 5.48. The van der Waals surface area contributed by atoms with Crippen molar-refractivity contribution in [3.05, 3.63) is 35.4 Å². The molecule has 1 rings (SSSR count). The quantitative estimate of drug-likeness (QED) is 0.750. The van der Waals surface area contributed by atoms with Gasteiger partial charge in [0.15, 0.2) is 0 Å². The Morgan fingerprint density at radius 1 is 1.47 bits per heavy atom. The molecule has 15 heavy (non-hydrogen) atoms. The molecular weight excluding hydrogens is 192 g/mol. The van der Waals surface area contributed by atoms with E-state index >= 15 is 0 Å². The van der Waals surface area contributed by atoms with Crippen molar-refractivity contribution in [1.29, 1.82) is 0 Å². The summed E-state index contributed by atoms with van der Waals surface area (Å²) in [7, 11) is 1.73. The van der Waals surface area contributed by atoms with Crippen LogP contribution in [-0.2, 0) is 4.84 Å². The third-order valence-corrected chi connectivity index (χ3v) is 2.27. The van der Waals surface area contributed by atoms with Crippen LogP contribution in [0, 0.1) is 6.92 Å². The smallest absolute Gasteiger partial charge is 0.253 e. The standard InChI is InChI=1S/C11H16N2O2/c1-9-5-3-4-6-10(9)11(14)13(2)7-8-15-12/h3-6H,7-8,12H2,1-2H3. The molecule has 0 aliphatic heterocycles. The third-order valence-electron chi connectivity index (χ3n) is 2.27. The number of carbonyl (C=O) groups excluding carboxylic acids is 1. The van der Waals surface area contributed by atoms with Gasteiger partial charge in [0.1, 0.15) is 0 Å². The van der Waals surface area contributed by atoms with Crippen molar-refractivity contribution < 1.29 is 9.63 Å². The molecule has 0 atom stereocenters. The van der Waals surface area contributed by atoms with Crippen molar-refractivity contribution in [2.24, 2.45) is 5.90 Å². The lowest BCUT2D eigenvalue weighted by molar-refractivity contribution is 0.0696. The van der Waals surface area contributed by atoms with E-state index in [4.69, 9.17) is 5.90 Å². The van der Waals surface area contributed by atoms with E-state index in [-0.39, 0.29) is 5.91 Å². The zero-order chi connectivity index (χ0) is 11.3. The summed E-state index contributed by atoms with van der Waals surface area (Å²) in [6.45, 7) is 2.75. The average Bonchev–Trinajstić information content (AvgIpc) is 2.25. The van der Waals surface area contributed by atoms with Gasteiger partial charge in [-0.15, -0.1) is 0 Å². The third kappa shape index (κ3) is 3.04. The van der Waals surface area contributed by atoms with Crippen molar-refractivity contribution in [2.45, 2.75) is 6.92 Å². The molecule has 0 heterocycles. The van der Waals surface area contributed by atoms with Gasteiger partial charge in [-0.2, -0.15) is 0 Å². The fraction of sp³-hybridized carbons (Fsp3) is 0.364. The summed E-state index contributed by atoms with van der Waals surface area (Å²) >= 11 is 0. The van der Waals surface area contributed by atoms with Gasteiger partial charge in [-0.3, -0.25) is 4.79 Å². The Morgan fingerprint density at radius 2 is 2.13 bits per heavy atom. The number of carbonyl (C=O) groups is 1. The van der Waals surface area contributed by atoms with Crippen LogP contribution in [0.2, 0.25) is 0 Å². The van der Waals surface area contributed by atoms with Crippen LogP contribution < -0.4 is 5.90 Å². The maximum absolute atomic E-state index is 11.9.